The number of hydrogen-bond donors (Lipinski definition) is 5. The quantitative estimate of drug-likeness (QED) is 0.420. The van der Waals surface area contributed by atoms with Crippen LogP contribution in [0.2, 0.25) is 0 Å². The molecule has 0 atom stereocenters. The second-order valence-electron chi connectivity index (χ2n) is 5.16. The zero-order chi connectivity index (χ0) is 19.8. The van der Waals surface area contributed by atoms with Crippen LogP contribution < -0.4 is 21.7 Å². The predicted octanol–water partition coefficient (Wildman–Crippen LogP) is 1.48. The van der Waals surface area contributed by atoms with Crippen molar-refractivity contribution >= 4 is 23.9 Å². The number of anilines is 2. The van der Waals surface area contributed by atoms with Gasteiger partial charge in [0.1, 0.15) is 11.6 Å². The van der Waals surface area contributed by atoms with Gasteiger partial charge < -0.3 is 27.1 Å². The van der Waals surface area contributed by atoms with Crippen LogP contribution in [0.25, 0.3) is 0 Å². The normalized spacial score (nSPS) is 11.0. The van der Waals surface area contributed by atoms with Crippen LogP contribution in [0, 0.1) is 22.9 Å². The highest BCUT2D eigenvalue weighted by Crippen LogP contribution is 2.17. The van der Waals surface area contributed by atoms with E-state index in [1.807, 2.05) is 0 Å². The average molecular weight is 379 g/mol. The van der Waals surface area contributed by atoms with Gasteiger partial charge in [0.2, 0.25) is 11.9 Å². The number of primary amides is 1. The van der Waals surface area contributed by atoms with Gasteiger partial charge in [0, 0.05) is 24.5 Å². The number of carbonyl (C=O) groups excluding carboxylic acids is 1. The Bertz CT molecular complexity index is 853. The van der Waals surface area contributed by atoms with Gasteiger partial charge in [-0.3, -0.25) is 4.79 Å². The van der Waals surface area contributed by atoms with Crippen molar-refractivity contribution in [1.82, 2.24) is 15.3 Å². The van der Waals surface area contributed by atoms with E-state index in [0.717, 1.165) is 24.5 Å². The summed E-state index contributed by atoms with van der Waals surface area (Å²) in [5.74, 6) is -3.34. The molecule has 2 rings (SSSR count). The molecule has 142 valence electrons. The van der Waals surface area contributed by atoms with E-state index in [-0.39, 0.29) is 36.1 Å². The number of nitrogens with zero attached hydrogens (tertiary/aromatic N) is 2. The second kappa shape index (κ2) is 9.17. The topological polar surface area (TPSA) is 129 Å². The first-order valence-electron chi connectivity index (χ1n) is 7.59. The Kier molecular flexibility index (Phi) is 6.69. The molecule has 0 spiro atoms. The Morgan fingerprint density at radius 1 is 1.22 bits per heavy atom. The number of nitrogens with two attached hydrogens (primary N) is 1. The number of hydrogen-bond acceptors (Lipinski definition) is 7. The highest BCUT2D eigenvalue weighted by atomic mass is 19.1. The van der Waals surface area contributed by atoms with Crippen LogP contribution in [0.15, 0.2) is 36.3 Å². The summed E-state index contributed by atoms with van der Waals surface area (Å²) in [6, 6.07) is 3.40. The molecule has 0 bridgehead atoms. The predicted molar refractivity (Wildman–Crippen MR) is 93.4 cm³/mol. The lowest BCUT2D eigenvalue weighted by Crippen LogP contribution is -2.25. The number of halogens is 3. The number of allylic oxidation sites excluding steroid dienone is 1. The molecular weight excluding hydrogens is 363 g/mol. The SMILES string of the molecule is N=C/C(=C\NCC(N)=O)Nc1ncc(F)c(NCc2c(F)cccc2F)n1. The van der Waals surface area contributed by atoms with Crippen LogP contribution in [0.4, 0.5) is 24.9 Å². The Balaban J connectivity index is 2.11. The molecule has 0 saturated carbocycles. The molecule has 0 saturated heterocycles. The van der Waals surface area contributed by atoms with E-state index < -0.39 is 23.4 Å². The fourth-order valence-corrected chi connectivity index (χ4v) is 1.93. The third-order valence-electron chi connectivity index (χ3n) is 3.18. The molecular formula is C16H16F3N7O. The van der Waals surface area contributed by atoms with Gasteiger partial charge in [-0.1, -0.05) is 6.07 Å². The van der Waals surface area contributed by atoms with Gasteiger partial charge in [0.15, 0.2) is 11.6 Å². The molecule has 1 aromatic carbocycles. The molecule has 0 unspecified atom stereocenters. The molecule has 27 heavy (non-hydrogen) atoms. The lowest BCUT2D eigenvalue weighted by Gasteiger charge is -2.11. The van der Waals surface area contributed by atoms with Crippen molar-refractivity contribution in [1.29, 1.82) is 5.41 Å². The molecule has 6 N–H and O–H groups in total. The van der Waals surface area contributed by atoms with E-state index in [1.54, 1.807) is 0 Å². The Morgan fingerprint density at radius 3 is 2.56 bits per heavy atom. The molecule has 0 aliphatic carbocycles. The zero-order valence-electron chi connectivity index (χ0n) is 13.9. The van der Waals surface area contributed by atoms with Gasteiger partial charge in [-0.15, -0.1) is 0 Å². The summed E-state index contributed by atoms with van der Waals surface area (Å²) in [6.45, 7) is -0.483. The molecule has 8 nitrogen and oxygen atoms in total. The maximum atomic E-state index is 13.9. The fourth-order valence-electron chi connectivity index (χ4n) is 1.93. The molecule has 0 aliphatic rings. The number of amides is 1. The largest absolute Gasteiger partial charge is 0.380 e. The zero-order valence-corrected chi connectivity index (χ0v) is 13.9. The maximum Gasteiger partial charge on any atom is 0.236 e. The first-order valence-corrected chi connectivity index (χ1v) is 7.59. The first kappa shape index (κ1) is 19.7. The molecule has 0 radical (unpaired) electrons. The third kappa shape index (κ3) is 5.70. The van der Waals surface area contributed by atoms with Gasteiger partial charge in [-0.25, -0.2) is 18.2 Å². The van der Waals surface area contributed by atoms with Crippen LogP contribution in [0.1, 0.15) is 5.56 Å². The van der Waals surface area contributed by atoms with Gasteiger partial charge in [-0.05, 0) is 12.1 Å². The lowest BCUT2D eigenvalue weighted by atomic mass is 10.2. The van der Waals surface area contributed by atoms with Gasteiger partial charge in [0.25, 0.3) is 0 Å². The van der Waals surface area contributed by atoms with Crippen LogP contribution in [0.5, 0.6) is 0 Å². The molecule has 11 heteroatoms. The molecule has 1 aromatic heterocycles. The molecule has 0 fully saturated rings. The summed E-state index contributed by atoms with van der Waals surface area (Å²) in [4.78, 5) is 18.2. The summed E-state index contributed by atoms with van der Waals surface area (Å²) in [5.41, 5.74) is 4.87. The third-order valence-corrected chi connectivity index (χ3v) is 3.18. The highest BCUT2D eigenvalue weighted by Gasteiger charge is 2.12. The van der Waals surface area contributed by atoms with Crippen LogP contribution in [-0.4, -0.2) is 28.6 Å². The average Bonchev–Trinajstić information content (AvgIpc) is 2.62. The van der Waals surface area contributed by atoms with Crippen molar-refractivity contribution in [3.8, 4) is 0 Å². The summed E-state index contributed by atoms with van der Waals surface area (Å²) in [7, 11) is 0. The minimum absolute atomic E-state index is 0.0801. The second-order valence-corrected chi connectivity index (χ2v) is 5.16. The summed E-state index contributed by atoms with van der Waals surface area (Å²) >= 11 is 0. The van der Waals surface area contributed by atoms with Gasteiger partial charge in [0.05, 0.1) is 18.4 Å². The standard InChI is InChI=1S/C16H16F3N7O/c17-11-2-1-3-12(18)10(11)6-23-15-13(19)7-24-16(26-15)25-9(4-20)5-22-8-14(21)27/h1-5,7,20,22H,6,8H2,(H2,21,27)(H2,23,24,25,26)/b9-5+,20-4?. The number of aromatic nitrogens is 2. The van der Waals surface area contributed by atoms with Crippen molar-refractivity contribution in [2.24, 2.45) is 5.73 Å². The Morgan fingerprint density at radius 2 is 1.93 bits per heavy atom. The highest BCUT2D eigenvalue weighted by molar-refractivity contribution is 5.80. The van der Waals surface area contributed by atoms with Crippen molar-refractivity contribution in [3.05, 3.63) is 59.3 Å². The number of nitrogens with one attached hydrogen (secondary N) is 4. The van der Waals surface area contributed by atoms with Gasteiger partial charge in [-0.2, -0.15) is 4.98 Å². The first-order chi connectivity index (χ1) is 12.9. The molecule has 2 aromatic rings. The summed E-state index contributed by atoms with van der Waals surface area (Å²) in [5, 5.41) is 15.0. The van der Waals surface area contributed by atoms with E-state index in [4.69, 9.17) is 11.1 Å². The molecule has 1 amide bonds. The Hall–Kier alpha value is -3.63. The van der Waals surface area contributed by atoms with E-state index in [9.17, 15) is 18.0 Å². The van der Waals surface area contributed by atoms with E-state index in [0.29, 0.717) is 0 Å². The van der Waals surface area contributed by atoms with Crippen molar-refractivity contribution < 1.29 is 18.0 Å². The van der Waals surface area contributed by atoms with Crippen molar-refractivity contribution in [2.75, 3.05) is 17.2 Å². The monoisotopic (exact) mass is 379 g/mol. The Labute approximate surface area is 152 Å². The minimum atomic E-state index is -0.829. The molecule has 0 aliphatic heterocycles. The van der Waals surface area contributed by atoms with Gasteiger partial charge >= 0.3 is 0 Å². The fraction of sp³-hybridized carbons (Fsp3) is 0.125. The minimum Gasteiger partial charge on any atom is -0.380 e. The number of rotatable bonds is 9. The van der Waals surface area contributed by atoms with E-state index in [1.165, 1.54) is 12.3 Å². The summed E-state index contributed by atoms with van der Waals surface area (Å²) in [6.07, 6.45) is 3.04. The van der Waals surface area contributed by atoms with Crippen molar-refractivity contribution in [2.45, 2.75) is 6.54 Å². The van der Waals surface area contributed by atoms with Crippen LogP contribution in [0.3, 0.4) is 0 Å². The number of benzene rings is 1. The summed E-state index contributed by atoms with van der Waals surface area (Å²) < 4.78 is 41.1. The van der Waals surface area contributed by atoms with Crippen LogP contribution in [-0.2, 0) is 11.3 Å². The smallest absolute Gasteiger partial charge is 0.236 e. The molecule has 1 heterocycles. The van der Waals surface area contributed by atoms with Crippen molar-refractivity contribution in [3.63, 3.8) is 0 Å². The maximum absolute atomic E-state index is 13.9. The van der Waals surface area contributed by atoms with E-state index >= 15 is 0 Å². The van der Waals surface area contributed by atoms with E-state index in [2.05, 4.69) is 25.9 Å². The lowest BCUT2D eigenvalue weighted by molar-refractivity contribution is -0.117. The van der Waals surface area contributed by atoms with Crippen LogP contribution >= 0.6 is 0 Å². The number of carbonyl (C=O) groups is 1.